The van der Waals surface area contributed by atoms with E-state index in [0.717, 1.165) is 0 Å². The Balaban J connectivity index is 2.18. The van der Waals surface area contributed by atoms with Crippen LogP contribution in [0.5, 0.6) is 0 Å². The van der Waals surface area contributed by atoms with E-state index in [1.165, 1.54) is 12.1 Å². The van der Waals surface area contributed by atoms with Crippen molar-refractivity contribution in [2.24, 2.45) is 5.41 Å². The number of aliphatic hydroxyl groups excluding tert-OH is 1. The van der Waals surface area contributed by atoms with Crippen molar-refractivity contribution in [2.45, 2.75) is 32.4 Å². The molecule has 0 radical (unpaired) electrons. The number of hydrogen-bond acceptors (Lipinski definition) is 4. The Labute approximate surface area is 110 Å². The lowest BCUT2D eigenvalue weighted by atomic mass is 9.64. The van der Waals surface area contributed by atoms with Crippen molar-refractivity contribution in [3.05, 3.63) is 22.8 Å². The summed E-state index contributed by atoms with van der Waals surface area (Å²) in [6, 6.07) is 2.80. The normalized spacial score (nSPS) is 25.3. The van der Waals surface area contributed by atoms with Gasteiger partial charge in [0.1, 0.15) is 11.0 Å². The summed E-state index contributed by atoms with van der Waals surface area (Å²) in [5, 5.41) is 21.8. The molecule has 98 valence electrons. The molecule has 1 heterocycles. The van der Waals surface area contributed by atoms with E-state index in [2.05, 4.69) is 10.3 Å². The summed E-state index contributed by atoms with van der Waals surface area (Å²) in [4.78, 5) is 14.9. The summed E-state index contributed by atoms with van der Waals surface area (Å²) in [6.07, 6.45) is 0.261. The summed E-state index contributed by atoms with van der Waals surface area (Å²) >= 11 is 5.77. The second-order valence-electron chi connectivity index (χ2n) is 5.14. The van der Waals surface area contributed by atoms with Crippen LogP contribution < -0.4 is 5.32 Å². The number of carboxylic acids is 1. The van der Waals surface area contributed by atoms with E-state index < -0.39 is 5.97 Å². The average molecular weight is 271 g/mol. The third-order valence-electron chi connectivity index (χ3n) is 3.58. The van der Waals surface area contributed by atoms with Crippen LogP contribution in [0.1, 0.15) is 30.6 Å². The Morgan fingerprint density at radius 2 is 2.22 bits per heavy atom. The predicted octanol–water partition coefficient (Wildman–Crippen LogP) is 2.00. The fourth-order valence-electron chi connectivity index (χ4n) is 2.02. The Morgan fingerprint density at radius 1 is 1.56 bits per heavy atom. The van der Waals surface area contributed by atoms with E-state index in [0.29, 0.717) is 12.2 Å². The lowest BCUT2D eigenvalue weighted by Gasteiger charge is -2.49. The highest BCUT2D eigenvalue weighted by molar-refractivity contribution is 6.29. The second-order valence-corrected chi connectivity index (χ2v) is 5.53. The van der Waals surface area contributed by atoms with Crippen molar-refractivity contribution in [3.8, 4) is 0 Å². The molecule has 0 aromatic carbocycles. The highest BCUT2D eigenvalue weighted by Gasteiger charge is 2.47. The molecule has 2 rings (SSSR count). The van der Waals surface area contributed by atoms with Crippen LogP contribution in [0.15, 0.2) is 12.1 Å². The standard InChI is InChI=1S/C12H15ClN2O3/c1-12(2)7(5-8(12)16)14-10-4-6(11(17)18)3-9(13)15-10/h3-4,7-8,16H,5H2,1-2H3,(H,14,15)(H,17,18). The topological polar surface area (TPSA) is 82.5 Å². The molecular formula is C12H15ClN2O3. The molecule has 1 aromatic rings. The minimum absolute atomic E-state index is 0.0557. The fourth-order valence-corrected chi connectivity index (χ4v) is 2.23. The molecule has 5 nitrogen and oxygen atoms in total. The van der Waals surface area contributed by atoms with E-state index in [1.807, 2.05) is 13.8 Å². The van der Waals surface area contributed by atoms with Crippen LogP contribution in [0.3, 0.4) is 0 Å². The van der Waals surface area contributed by atoms with Gasteiger partial charge in [0, 0.05) is 11.5 Å². The Bertz CT molecular complexity index is 490. The zero-order valence-corrected chi connectivity index (χ0v) is 10.9. The third kappa shape index (κ3) is 2.28. The van der Waals surface area contributed by atoms with Crippen molar-refractivity contribution in [1.82, 2.24) is 4.98 Å². The van der Waals surface area contributed by atoms with Crippen molar-refractivity contribution < 1.29 is 15.0 Å². The number of carboxylic acid groups (broad SMARTS) is 1. The first-order valence-corrected chi connectivity index (χ1v) is 6.04. The van der Waals surface area contributed by atoms with Gasteiger partial charge in [0.05, 0.1) is 11.7 Å². The van der Waals surface area contributed by atoms with Crippen LogP contribution in [0, 0.1) is 5.41 Å². The quantitative estimate of drug-likeness (QED) is 0.732. The van der Waals surface area contributed by atoms with Gasteiger partial charge < -0.3 is 15.5 Å². The average Bonchev–Trinajstić information content (AvgIpc) is 2.28. The number of nitrogens with one attached hydrogen (secondary N) is 1. The van der Waals surface area contributed by atoms with Crippen molar-refractivity contribution in [1.29, 1.82) is 0 Å². The number of carbonyl (C=O) groups is 1. The molecule has 2 atom stereocenters. The first kappa shape index (κ1) is 13.1. The Morgan fingerprint density at radius 3 is 2.72 bits per heavy atom. The van der Waals surface area contributed by atoms with Gasteiger partial charge in [-0.1, -0.05) is 25.4 Å². The van der Waals surface area contributed by atoms with Crippen LogP contribution in [-0.4, -0.2) is 33.3 Å². The maximum Gasteiger partial charge on any atom is 0.335 e. The maximum atomic E-state index is 10.9. The highest BCUT2D eigenvalue weighted by Crippen LogP contribution is 2.42. The van der Waals surface area contributed by atoms with Gasteiger partial charge >= 0.3 is 5.97 Å². The zero-order chi connectivity index (χ0) is 13.5. The van der Waals surface area contributed by atoms with Crippen LogP contribution in [0.25, 0.3) is 0 Å². The first-order chi connectivity index (χ1) is 8.30. The summed E-state index contributed by atoms with van der Waals surface area (Å²) < 4.78 is 0. The van der Waals surface area contributed by atoms with E-state index in [4.69, 9.17) is 16.7 Å². The number of aromatic carboxylic acids is 1. The van der Waals surface area contributed by atoms with Crippen LogP contribution >= 0.6 is 11.6 Å². The molecular weight excluding hydrogens is 256 g/mol. The predicted molar refractivity (Wildman–Crippen MR) is 68.0 cm³/mol. The number of nitrogens with zero attached hydrogens (tertiary/aromatic N) is 1. The molecule has 6 heteroatoms. The zero-order valence-electron chi connectivity index (χ0n) is 10.1. The first-order valence-electron chi connectivity index (χ1n) is 5.66. The molecule has 1 aromatic heterocycles. The number of aromatic nitrogens is 1. The number of anilines is 1. The number of aliphatic hydroxyl groups is 1. The molecule has 1 fully saturated rings. The van der Waals surface area contributed by atoms with Gasteiger partial charge in [-0.15, -0.1) is 0 Å². The largest absolute Gasteiger partial charge is 0.478 e. The minimum Gasteiger partial charge on any atom is -0.478 e. The second kappa shape index (κ2) is 4.40. The summed E-state index contributed by atoms with van der Waals surface area (Å²) in [6.45, 7) is 3.89. The number of hydrogen-bond donors (Lipinski definition) is 3. The highest BCUT2D eigenvalue weighted by atomic mass is 35.5. The van der Waals surface area contributed by atoms with Gasteiger partial charge in [-0.3, -0.25) is 0 Å². The van der Waals surface area contributed by atoms with Crippen LogP contribution in [0.4, 0.5) is 5.82 Å². The van der Waals surface area contributed by atoms with Gasteiger partial charge in [-0.25, -0.2) is 9.78 Å². The van der Waals surface area contributed by atoms with Gasteiger partial charge in [-0.2, -0.15) is 0 Å². The maximum absolute atomic E-state index is 10.9. The summed E-state index contributed by atoms with van der Waals surface area (Å²) in [5.41, 5.74) is -0.164. The summed E-state index contributed by atoms with van der Waals surface area (Å²) in [7, 11) is 0. The van der Waals surface area contributed by atoms with Gasteiger partial charge in [0.2, 0.25) is 0 Å². The molecule has 1 saturated carbocycles. The van der Waals surface area contributed by atoms with Crippen LogP contribution in [0.2, 0.25) is 5.15 Å². The van der Waals surface area contributed by atoms with Gasteiger partial charge in [-0.05, 0) is 18.6 Å². The molecule has 0 amide bonds. The number of halogens is 1. The molecule has 3 N–H and O–H groups in total. The Kier molecular flexibility index (Phi) is 3.21. The smallest absolute Gasteiger partial charge is 0.335 e. The lowest BCUT2D eigenvalue weighted by Crippen LogP contribution is -2.57. The SMILES string of the molecule is CC1(C)C(O)CC1Nc1cc(C(=O)O)cc(Cl)n1. The molecule has 0 aliphatic heterocycles. The fraction of sp³-hybridized carbons (Fsp3) is 0.500. The molecule has 0 spiro atoms. The van der Waals surface area contributed by atoms with Crippen molar-refractivity contribution in [2.75, 3.05) is 5.32 Å². The van der Waals surface area contributed by atoms with E-state index in [1.54, 1.807) is 0 Å². The molecule has 1 aliphatic carbocycles. The van der Waals surface area contributed by atoms with E-state index in [-0.39, 0.29) is 28.3 Å². The van der Waals surface area contributed by atoms with Crippen molar-refractivity contribution in [3.63, 3.8) is 0 Å². The van der Waals surface area contributed by atoms with Crippen LogP contribution in [-0.2, 0) is 0 Å². The minimum atomic E-state index is -1.05. The third-order valence-corrected chi connectivity index (χ3v) is 3.77. The molecule has 2 unspecified atom stereocenters. The number of rotatable bonds is 3. The van der Waals surface area contributed by atoms with Gasteiger partial charge in [0.25, 0.3) is 0 Å². The summed E-state index contributed by atoms with van der Waals surface area (Å²) in [5.74, 6) is -0.625. The monoisotopic (exact) mass is 270 g/mol. The molecule has 1 aliphatic rings. The lowest BCUT2D eigenvalue weighted by molar-refractivity contribution is -0.0511. The van der Waals surface area contributed by atoms with Crippen molar-refractivity contribution >= 4 is 23.4 Å². The molecule has 0 bridgehead atoms. The molecule has 18 heavy (non-hydrogen) atoms. The Hall–Kier alpha value is -1.33. The molecule has 0 saturated heterocycles. The van der Waals surface area contributed by atoms with E-state index in [9.17, 15) is 9.90 Å². The van der Waals surface area contributed by atoms with Gasteiger partial charge in [0.15, 0.2) is 0 Å². The number of pyridine rings is 1. The van der Waals surface area contributed by atoms with E-state index >= 15 is 0 Å².